The number of nitrogens with one attached hydrogen (secondary N) is 2. The van der Waals surface area contributed by atoms with Gasteiger partial charge in [0.05, 0.1) is 6.54 Å². The highest BCUT2D eigenvalue weighted by atomic mass is 79.9. The Morgan fingerprint density at radius 1 is 1.27 bits per heavy atom. The summed E-state index contributed by atoms with van der Waals surface area (Å²) < 4.78 is 6.73. The molecule has 0 atom stereocenters. The predicted octanol–water partition coefficient (Wildman–Crippen LogP) is 3.63. The lowest BCUT2D eigenvalue weighted by molar-refractivity contribution is 0.0514. The normalized spacial score (nSPS) is 17.1. The number of aryl methyl sites for hydroxylation is 1. The van der Waals surface area contributed by atoms with E-state index >= 15 is 0 Å². The number of benzene rings is 1. The molecule has 2 heterocycles. The number of guanidine groups is 1. The lowest BCUT2D eigenvalue weighted by Crippen LogP contribution is -2.47. The van der Waals surface area contributed by atoms with Crippen LogP contribution < -0.4 is 10.6 Å². The van der Waals surface area contributed by atoms with E-state index in [1.165, 1.54) is 10.4 Å². The van der Waals surface area contributed by atoms with Gasteiger partial charge in [-0.2, -0.15) is 0 Å². The molecule has 0 aliphatic carbocycles. The molecule has 0 saturated carbocycles. The number of hydrogen-bond acceptors (Lipinski definition) is 4. The maximum absolute atomic E-state index is 5.62. The Labute approximate surface area is 167 Å². The van der Waals surface area contributed by atoms with Crippen molar-refractivity contribution in [2.24, 2.45) is 4.99 Å². The van der Waals surface area contributed by atoms with E-state index in [4.69, 9.17) is 4.74 Å². The van der Waals surface area contributed by atoms with E-state index in [-0.39, 0.29) is 5.41 Å². The van der Waals surface area contributed by atoms with Crippen molar-refractivity contribution < 1.29 is 4.74 Å². The molecule has 5 nitrogen and oxygen atoms in total. The number of thiazole rings is 1. The molecule has 1 aliphatic rings. The summed E-state index contributed by atoms with van der Waals surface area (Å²) in [6.45, 7) is 5.17. The highest BCUT2D eigenvalue weighted by molar-refractivity contribution is 9.10. The molecule has 1 aromatic carbocycles. The van der Waals surface area contributed by atoms with Gasteiger partial charge in [-0.15, -0.1) is 11.3 Å². The van der Waals surface area contributed by atoms with Crippen molar-refractivity contribution in [3.8, 4) is 0 Å². The van der Waals surface area contributed by atoms with Crippen LogP contribution in [0.2, 0.25) is 0 Å². The van der Waals surface area contributed by atoms with Crippen molar-refractivity contribution in [2.45, 2.75) is 31.7 Å². The third kappa shape index (κ3) is 4.84. The maximum Gasteiger partial charge on any atom is 0.191 e. The van der Waals surface area contributed by atoms with E-state index in [0.717, 1.165) is 48.0 Å². The SMILES string of the molecule is CN=C(NCc1ncc(C)s1)NCC1(c2ccc(Br)cc2)CCOCC1. The fourth-order valence-electron chi connectivity index (χ4n) is 3.25. The average molecular weight is 437 g/mol. The van der Waals surface area contributed by atoms with Gasteiger partial charge in [0.1, 0.15) is 5.01 Å². The van der Waals surface area contributed by atoms with Crippen molar-refractivity contribution in [3.63, 3.8) is 0 Å². The van der Waals surface area contributed by atoms with E-state index < -0.39 is 0 Å². The molecule has 2 aromatic rings. The monoisotopic (exact) mass is 436 g/mol. The summed E-state index contributed by atoms with van der Waals surface area (Å²) in [6.07, 6.45) is 3.91. The number of aliphatic imine (C=N–C) groups is 1. The van der Waals surface area contributed by atoms with E-state index in [0.29, 0.717) is 6.54 Å². The van der Waals surface area contributed by atoms with Crippen LogP contribution in [-0.2, 0) is 16.7 Å². The van der Waals surface area contributed by atoms with E-state index in [9.17, 15) is 0 Å². The molecule has 0 spiro atoms. The minimum absolute atomic E-state index is 0.0638. The quantitative estimate of drug-likeness (QED) is 0.554. The van der Waals surface area contributed by atoms with Crippen LogP contribution in [0, 0.1) is 6.92 Å². The Morgan fingerprint density at radius 2 is 2.00 bits per heavy atom. The minimum atomic E-state index is 0.0638. The van der Waals surface area contributed by atoms with Gasteiger partial charge in [-0.05, 0) is 37.5 Å². The van der Waals surface area contributed by atoms with Crippen molar-refractivity contribution in [3.05, 3.63) is 50.4 Å². The summed E-state index contributed by atoms with van der Waals surface area (Å²) in [5.74, 6) is 0.806. The highest BCUT2D eigenvalue weighted by Gasteiger charge is 2.34. The van der Waals surface area contributed by atoms with Gasteiger partial charge in [-0.25, -0.2) is 4.98 Å². The zero-order valence-electron chi connectivity index (χ0n) is 15.2. The molecule has 0 amide bonds. The Morgan fingerprint density at radius 3 is 2.62 bits per heavy atom. The number of rotatable bonds is 5. The molecule has 2 N–H and O–H groups in total. The fourth-order valence-corrected chi connectivity index (χ4v) is 4.24. The first-order chi connectivity index (χ1) is 12.6. The van der Waals surface area contributed by atoms with E-state index in [2.05, 4.69) is 67.7 Å². The summed E-state index contributed by atoms with van der Waals surface area (Å²) >= 11 is 5.24. The molecule has 3 rings (SSSR count). The largest absolute Gasteiger partial charge is 0.381 e. The molecule has 0 bridgehead atoms. The van der Waals surface area contributed by atoms with Crippen LogP contribution in [0.25, 0.3) is 0 Å². The third-order valence-corrected chi connectivity index (χ3v) is 6.24. The topological polar surface area (TPSA) is 58.5 Å². The van der Waals surface area contributed by atoms with Crippen molar-refractivity contribution >= 4 is 33.2 Å². The van der Waals surface area contributed by atoms with Crippen LogP contribution in [0.3, 0.4) is 0 Å². The van der Waals surface area contributed by atoms with Crippen molar-refractivity contribution in [1.29, 1.82) is 0 Å². The maximum atomic E-state index is 5.62. The van der Waals surface area contributed by atoms with Gasteiger partial charge < -0.3 is 15.4 Å². The van der Waals surface area contributed by atoms with Crippen molar-refractivity contribution in [1.82, 2.24) is 15.6 Å². The molecule has 1 aliphatic heterocycles. The first-order valence-corrected chi connectivity index (χ1v) is 10.4. The first kappa shape index (κ1) is 19.3. The number of nitrogens with zero attached hydrogens (tertiary/aromatic N) is 2. The summed E-state index contributed by atoms with van der Waals surface area (Å²) in [4.78, 5) is 9.98. The van der Waals surface area contributed by atoms with Gasteiger partial charge in [-0.3, -0.25) is 4.99 Å². The third-order valence-electron chi connectivity index (χ3n) is 4.80. The number of aromatic nitrogens is 1. The van der Waals surface area contributed by atoms with Crippen LogP contribution >= 0.6 is 27.3 Å². The first-order valence-electron chi connectivity index (χ1n) is 8.81. The summed E-state index contributed by atoms with van der Waals surface area (Å²) in [5, 5.41) is 7.95. The van der Waals surface area contributed by atoms with E-state index in [1.54, 1.807) is 18.4 Å². The summed E-state index contributed by atoms with van der Waals surface area (Å²) in [5.41, 5.74) is 1.41. The van der Waals surface area contributed by atoms with Crippen molar-refractivity contribution in [2.75, 3.05) is 26.8 Å². The predicted molar refractivity (Wildman–Crippen MR) is 111 cm³/mol. The van der Waals surface area contributed by atoms with Gasteiger partial charge in [0.25, 0.3) is 0 Å². The smallest absolute Gasteiger partial charge is 0.191 e. The van der Waals surface area contributed by atoms with Gasteiger partial charge in [0.2, 0.25) is 0 Å². The van der Waals surface area contributed by atoms with E-state index in [1.807, 2.05) is 6.20 Å². The molecule has 140 valence electrons. The van der Waals surface area contributed by atoms with Crippen LogP contribution in [0.4, 0.5) is 0 Å². The summed E-state index contributed by atoms with van der Waals surface area (Å²) in [6, 6.07) is 8.66. The van der Waals surface area contributed by atoms with Crippen LogP contribution in [-0.4, -0.2) is 37.7 Å². The van der Waals surface area contributed by atoms with Gasteiger partial charge in [0, 0.05) is 47.8 Å². The molecule has 1 saturated heterocycles. The average Bonchev–Trinajstić information content (AvgIpc) is 3.08. The molecule has 0 unspecified atom stereocenters. The lowest BCUT2D eigenvalue weighted by Gasteiger charge is -2.38. The molecule has 0 radical (unpaired) electrons. The zero-order chi connectivity index (χ0) is 18.4. The second-order valence-electron chi connectivity index (χ2n) is 6.54. The van der Waals surface area contributed by atoms with Crippen LogP contribution in [0.15, 0.2) is 39.9 Å². The second kappa shape index (κ2) is 8.97. The number of halogens is 1. The van der Waals surface area contributed by atoms with Gasteiger partial charge in [-0.1, -0.05) is 28.1 Å². The van der Waals surface area contributed by atoms with Gasteiger partial charge >= 0.3 is 0 Å². The standard InChI is InChI=1S/C19H25BrN4OS/c1-14-11-22-17(26-14)12-23-18(21-2)24-13-19(7-9-25-10-8-19)15-3-5-16(20)6-4-15/h3-6,11H,7-10,12-13H2,1-2H3,(H2,21,23,24). The number of ether oxygens (including phenoxy) is 1. The molecular formula is C19H25BrN4OS. The number of hydrogen-bond donors (Lipinski definition) is 2. The Kier molecular flexibility index (Phi) is 6.67. The fraction of sp³-hybridized carbons (Fsp3) is 0.474. The molecule has 26 heavy (non-hydrogen) atoms. The molecular weight excluding hydrogens is 412 g/mol. The van der Waals surface area contributed by atoms with Gasteiger partial charge in [0.15, 0.2) is 5.96 Å². The Balaban J connectivity index is 1.65. The van der Waals surface area contributed by atoms with Crippen LogP contribution in [0.5, 0.6) is 0 Å². The molecule has 1 fully saturated rings. The highest BCUT2D eigenvalue weighted by Crippen LogP contribution is 2.34. The second-order valence-corrected chi connectivity index (χ2v) is 8.78. The molecule has 1 aromatic heterocycles. The Bertz CT molecular complexity index is 738. The summed E-state index contributed by atoms with van der Waals surface area (Å²) in [7, 11) is 1.80. The Hall–Kier alpha value is -1.44. The lowest BCUT2D eigenvalue weighted by atomic mass is 9.74. The van der Waals surface area contributed by atoms with Crippen LogP contribution in [0.1, 0.15) is 28.3 Å². The molecule has 7 heteroatoms. The zero-order valence-corrected chi connectivity index (χ0v) is 17.6. The minimum Gasteiger partial charge on any atom is -0.381 e.